The molecular weight excluding hydrogens is 142 g/mol. The molecule has 11 heavy (non-hydrogen) atoms. The van der Waals surface area contributed by atoms with E-state index in [0.717, 1.165) is 5.69 Å². The molecule has 0 spiro atoms. The van der Waals surface area contributed by atoms with Gasteiger partial charge in [0, 0.05) is 6.20 Å². The van der Waals surface area contributed by atoms with Crippen LogP contribution in [0.1, 0.15) is 5.69 Å². The quantitative estimate of drug-likeness (QED) is 0.425. The fraction of sp³-hybridized carbons (Fsp3) is 0.167. The van der Waals surface area contributed by atoms with Gasteiger partial charge in [0.1, 0.15) is 0 Å². The molecule has 1 aromatic rings. The minimum Gasteiger partial charge on any atom is -0.370 e. The number of nitrogens with zero attached hydrogens (tertiary/aromatic N) is 3. The highest BCUT2D eigenvalue weighted by molar-refractivity contribution is 5.78. The molecule has 4 N–H and O–H groups in total. The van der Waals surface area contributed by atoms with E-state index in [-0.39, 0.29) is 5.96 Å². The molecule has 0 saturated heterocycles. The van der Waals surface area contributed by atoms with Crippen molar-refractivity contribution in [3.63, 3.8) is 0 Å². The molecule has 0 aliphatic heterocycles. The number of aromatic nitrogens is 2. The van der Waals surface area contributed by atoms with Crippen molar-refractivity contribution >= 4 is 11.8 Å². The standard InChI is InChI=1S/C6H9N5/c1-4-2-9-3-5(10-4)11-6(7)8/h2-3H,1H3,(H4,7,8,10,11). The van der Waals surface area contributed by atoms with Gasteiger partial charge in [0.2, 0.25) is 0 Å². The molecule has 0 aromatic carbocycles. The van der Waals surface area contributed by atoms with Crippen LogP contribution in [0.15, 0.2) is 17.4 Å². The van der Waals surface area contributed by atoms with E-state index in [1.54, 1.807) is 6.20 Å². The lowest BCUT2D eigenvalue weighted by molar-refractivity contribution is 1.10. The summed E-state index contributed by atoms with van der Waals surface area (Å²) in [5.41, 5.74) is 11.1. The molecule has 0 atom stereocenters. The van der Waals surface area contributed by atoms with Crippen LogP contribution in [0.5, 0.6) is 0 Å². The van der Waals surface area contributed by atoms with Crippen LogP contribution in [0.3, 0.4) is 0 Å². The van der Waals surface area contributed by atoms with Crippen molar-refractivity contribution < 1.29 is 0 Å². The average Bonchev–Trinajstić information content (AvgIpc) is 1.85. The molecule has 1 rings (SSSR count). The van der Waals surface area contributed by atoms with Gasteiger partial charge in [-0.2, -0.15) is 4.99 Å². The van der Waals surface area contributed by atoms with E-state index < -0.39 is 0 Å². The molecule has 0 saturated carbocycles. The Morgan fingerprint density at radius 3 is 2.73 bits per heavy atom. The Balaban J connectivity index is 2.97. The lowest BCUT2D eigenvalue weighted by Crippen LogP contribution is -2.22. The first-order valence-electron chi connectivity index (χ1n) is 3.07. The Morgan fingerprint density at radius 1 is 1.45 bits per heavy atom. The van der Waals surface area contributed by atoms with Crippen LogP contribution in [-0.4, -0.2) is 15.9 Å². The zero-order valence-corrected chi connectivity index (χ0v) is 6.15. The zero-order valence-electron chi connectivity index (χ0n) is 6.15. The van der Waals surface area contributed by atoms with Gasteiger partial charge in [-0.1, -0.05) is 0 Å². The second-order valence-corrected chi connectivity index (χ2v) is 2.06. The van der Waals surface area contributed by atoms with Crippen molar-refractivity contribution in [2.75, 3.05) is 0 Å². The van der Waals surface area contributed by atoms with E-state index in [4.69, 9.17) is 11.5 Å². The number of rotatable bonds is 1. The van der Waals surface area contributed by atoms with Gasteiger partial charge in [0.15, 0.2) is 11.8 Å². The van der Waals surface area contributed by atoms with E-state index in [1.807, 2.05) is 6.92 Å². The van der Waals surface area contributed by atoms with Crippen LogP contribution in [0.2, 0.25) is 0 Å². The van der Waals surface area contributed by atoms with E-state index in [0.29, 0.717) is 5.82 Å². The van der Waals surface area contributed by atoms with E-state index in [9.17, 15) is 0 Å². The van der Waals surface area contributed by atoms with Crippen LogP contribution in [-0.2, 0) is 0 Å². The number of hydrogen-bond donors (Lipinski definition) is 2. The second-order valence-electron chi connectivity index (χ2n) is 2.06. The number of aryl methyl sites for hydroxylation is 1. The van der Waals surface area contributed by atoms with Gasteiger partial charge in [0.25, 0.3) is 0 Å². The SMILES string of the molecule is Cc1cncc(N=C(N)N)n1. The zero-order chi connectivity index (χ0) is 8.27. The first-order chi connectivity index (χ1) is 5.18. The predicted molar refractivity (Wildman–Crippen MR) is 42.2 cm³/mol. The fourth-order valence-corrected chi connectivity index (χ4v) is 0.636. The largest absolute Gasteiger partial charge is 0.370 e. The minimum absolute atomic E-state index is 0.00935. The highest BCUT2D eigenvalue weighted by atomic mass is 15.0. The van der Waals surface area contributed by atoms with Crippen LogP contribution < -0.4 is 11.5 Å². The Kier molecular flexibility index (Phi) is 2.00. The van der Waals surface area contributed by atoms with E-state index in [2.05, 4.69) is 15.0 Å². The topological polar surface area (TPSA) is 90.2 Å². The summed E-state index contributed by atoms with van der Waals surface area (Å²) in [7, 11) is 0. The first-order valence-corrected chi connectivity index (χ1v) is 3.07. The number of aliphatic imine (C=N–C) groups is 1. The lowest BCUT2D eigenvalue weighted by Gasteiger charge is -1.93. The van der Waals surface area contributed by atoms with Gasteiger partial charge in [0.05, 0.1) is 11.9 Å². The molecule has 0 bridgehead atoms. The third-order valence-electron chi connectivity index (χ3n) is 0.986. The van der Waals surface area contributed by atoms with E-state index >= 15 is 0 Å². The van der Waals surface area contributed by atoms with Crippen molar-refractivity contribution in [2.24, 2.45) is 16.5 Å². The molecule has 0 unspecified atom stereocenters. The van der Waals surface area contributed by atoms with Gasteiger partial charge in [-0.05, 0) is 6.92 Å². The molecule has 58 valence electrons. The summed E-state index contributed by atoms with van der Waals surface area (Å²) in [5, 5.41) is 0. The third-order valence-corrected chi connectivity index (χ3v) is 0.986. The maximum absolute atomic E-state index is 5.13. The van der Waals surface area contributed by atoms with Crippen molar-refractivity contribution in [1.82, 2.24) is 9.97 Å². The molecule has 0 fully saturated rings. The van der Waals surface area contributed by atoms with Crippen molar-refractivity contribution in [2.45, 2.75) is 6.92 Å². The first kappa shape index (κ1) is 7.46. The van der Waals surface area contributed by atoms with Gasteiger partial charge >= 0.3 is 0 Å². The maximum atomic E-state index is 5.13. The van der Waals surface area contributed by atoms with Gasteiger partial charge in [-0.3, -0.25) is 4.98 Å². The lowest BCUT2D eigenvalue weighted by atomic mass is 10.5. The summed E-state index contributed by atoms with van der Waals surface area (Å²) in [4.78, 5) is 11.6. The van der Waals surface area contributed by atoms with Crippen LogP contribution in [0.25, 0.3) is 0 Å². The van der Waals surface area contributed by atoms with Gasteiger partial charge in [-0.25, -0.2) is 4.98 Å². The van der Waals surface area contributed by atoms with Crippen molar-refractivity contribution in [3.8, 4) is 0 Å². The smallest absolute Gasteiger partial charge is 0.192 e. The fourth-order valence-electron chi connectivity index (χ4n) is 0.636. The number of hydrogen-bond acceptors (Lipinski definition) is 3. The summed E-state index contributed by atoms with van der Waals surface area (Å²) in [6.07, 6.45) is 3.12. The number of guanidine groups is 1. The normalized spacial score (nSPS) is 9.18. The highest BCUT2D eigenvalue weighted by Crippen LogP contribution is 2.03. The molecule has 0 amide bonds. The monoisotopic (exact) mass is 151 g/mol. The molecule has 5 nitrogen and oxygen atoms in total. The summed E-state index contributed by atoms with van der Waals surface area (Å²) in [6, 6.07) is 0. The van der Waals surface area contributed by atoms with Crippen molar-refractivity contribution in [1.29, 1.82) is 0 Å². The molecule has 5 heteroatoms. The molecule has 0 radical (unpaired) electrons. The molecule has 0 aliphatic carbocycles. The summed E-state index contributed by atoms with van der Waals surface area (Å²) in [6.45, 7) is 1.82. The van der Waals surface area contributed by atoms with E-state index in [1.165, 1.54) is 6.20 Å². The average molecular weight is 151 g/mol. The molecular formula is C6H9N5. The molecule has 0 aliphatic rings. The Labute approximate surface area is 64.2 Å². The maximum Gasteiger partial charge on any atom is 0.192 e. The van der Waals surface area contributed by atoms with Gasteiger partial charge < -0.3 is 11.5 Å². The summed E-state index contributed by atoms with van der Waals surface area (Å²) in [5.74, 6) is 0.426. The van der Waals surface area contributed by atoms with Gasteiger partial charge in [-0.15, -0.1) is 0 Å². The second kappa shape index (κ2) is 2.96. The summed E-state index contributed by atoms with van der Waals surface area (Å²) < 4.78 is 0. The van der Waals surface area contributed by atoms with Crippen molar-refractivity contribution in [3.05, 3.63) is 18.1 Å². The third kappa shape index (κ3) is 2.21. The molecule has 1 aromatic heterocycles. The Hall–Kier alpha value is -1.65. The Bertz CT molecular complexity index is 276. The highest BCUT2D eigenvalue weighted by Gasteiger charge is 1.91. The predicted octanol–water partition coefficient (Wildman–Crippen LogP) is -0.310. The molecule has 1 heterocycles. The Morgan fingerprint density at radius 2 is 2.18 bits per heavy atom. The minimum atomic E-state index is -0.00935. The van der Waals surface area contributed by atoms with Crippen LogP contribution in [0.4, 0.5) is 5.82 Å². The van der Waals surface area contributed by atoms with Crippen LogP contribution in [0, 0.1) is 6.92 Å². The van der Waals surface area contributed by atoms with Crippen LogP contribution >= 0.6 is 0 Å². The summed E-state index contributed by atoms with van der Waals surface area (Å²) >= 11 is 0. The number of nitrogens with two attached hydrogens (primary N) is 2.